The zero-order chi connectivity index (χ0) is 17.1. The van der Waals surface area contributed by atoms with Crippen LogP contribution in [0.2, 0.25) is 0 Å². The van der Waals surface area contributed by atoms with Crippen molar-refractivity contribution in [2.75, 3.05) is 0 Å². The number of carboxylic acid groups (broad SMARTS) is 2. The van der Waals surface area contributed by atoms with Crippen molar-refractivity contribution in [3.8, 4) is 5.88 Å². The van der Waals surface area contributed by atoms with Gasteiger partial charge in [-0.2, -0.15) is 0 Å². The fourth-order valence-electron chi connectivity index (χ4n) is 2.36. The van der Waals surface area contributed by atoms with Crippen LogP contribution in [0.4, 0.5) is 0 Å². The Hall–Kier alpha value is -1.35. The Labute approximate surface area is 193 Å². The Balaban J connectivity index is 0.00000169. The number of rotatable bonds is 6. The smallest absolute Gasteiger partial charge is 0.546 e. The first-order chi connectivity index (χ1) is 11.6. The summed E-state index contributed by atoms with van der Waals surface area (Å²) in [4.78, 5) is 21.8. The van der Waals surface area contributed by atoms with E-state index < -0.39 is 18.0 Å². The number of benzene rings is 2. The van der Waals surface area contributed by atoms with E-state index in [1.807, 2.05) is 30.3 Å². The summed E-state index contributed by atoms with van der Waals surface area (Å²) in [5.74, 6) is -3.88. The number of fused-ring (bicyclic) bond motifs is 1. The molecule has 0 aliphatic carbocycles. The van der Waals surface area contributed by atoms with Gasteiger partial charge in [-0.15, -0.1) is 5.10 Å². The van der Waals surface area contributed by atoms with Gasteiger partial charge in [0.05, 0.1) is 29.4 Å². The van der Waals surface area contributed by atoms with Gasteiger partial charge in [0.25, 0.3) is 0 Å². The second-order valence-corrected chi connectivity index (χ2v) is 5.10. The number of aliphatic carboxylic acids is 2. The Kier molecular flexibility index (Phi) is 8.82. The van der Waals surface area contributed by atoms with Gasteiger partial charge in [0, 0.05) is 0 Å². The largest absolute Gasteiger partial charge is 1.00 e. The maximum absolute atomic E-state index is 10.9. The first-order valence-corrected chi connectivity index (χ1v) is 7.14. The molecule has 0 radical (unpaired) electrons. The minimum Gasteiger partial charge on any atom is -0.546 e. The van der Waals surface area contributed by atoms with Gasteiger partial charge in [0.15, 0.2) is 6.10 Å². The molecular formula is C17H12N2Na2O5. The van der Waals surface area contributed by atoms with E-state index in [9.17, 15) is 19.8 Å². The van der Waals surface area contributed by atoms with Crippen LogP contribution in [0.3, 0.4) is 0 Å². The van der Waals surface area contributed by atoms with Gasteiger partial charge in [-0.25, -0.2) is 0 Å². The maximum Gasteiger partial charge on any atom is 1.00 e. The number of carbonyl (C=O) groups is 2. The number of carbonyl (C=O) groups excluding carboxylic acids is 2. The van der Waals surface area contributed by atoms with E-state index in [0.29, 0.717) is 17.4 Å². The van der Waals surface area contributed by atoms with Gasteiger partial charge in [-0.05, 0) is 17.7 Å². The number of para-hydroxylation sites is 1. The molecule has 122 valence electrons. The standard InChI is InChI=1S/C17H14N2O5.2Na/c20-16(21)14(17(22)23)24-15-12-8-4-5-9-13(12)19(18-15)10-11-6-2-1-3-7-11;;/h1-9,14H,10H2,(H,20,21)(H,22,23);;/q;2*+1/p-2. The minimum atomic E-state index is -2.23. The molecule has 0 bridgehead atoms. The van der Waals surface area contributed by atoms with Crippen LogP contribution in [0.1, 0.15) is 5.56 Å². The molecule has 1 aromatic heterocycles. The molecule has 0 saturated carbocycles. The summed E-state index contributed by atoms with van der Waals surface area (Å²) < 4.78 is 6.63. The van der Waals surface area contributed by atoms with E-state index in [1.165, 1.54) is 0 Å². The molecule has 0 aliphatic heterocycles. The Morgan fingerprint density at radius 2 is 1.54 bits per heavy atom. The van der Waals surface area contributed by atoms with Crippen LogP contribution >= 0.6 is 0 Å². The van der Waals surface area contributed by atoms with Crippen molar-refractivity contribution in [3.05, 3.63) is 60.2 Å². The summed E-state index contributed by atoms with van der Waals surface area (Å²) in [6.45, 7) is 0.423. The molecule has 0 unspecified atom stereocenters. The van der Waals surface area contributed by atoms with Gasteiger partial charge in [-0.1, -0.05) is 42.5 Å². The summed E-state index contributed by atoms with van der Waals surface area (Å²) in [5, 5.41) is 26.5. The first-order valence-electron chi connectivity index (χ1n) is 7.14. The number of ether oxygens (including phenoxy) is 1. The molecule has 3 rings (SSSR count). The third kappa shape index (κ3) is 5.09. The molecule has 26 heavy (non-hydrogen) atoms. The quantitative estimate of drug-likeness (QED) is 0.315. The summed E-state index contributed by atoms with van der Waals surface area (Å²) in [5.41, 5.74) is 1.67. The number of carboxylic acids is 2. The zero-order valence-electron chi connectivity index (χ0n) is 14.4. The van der Waals surface area contributed by atoms with Gasteiger partial charge < -0.3 is 24.5 Å². The topological polar surface area (TPSA) is 107 Å². The van der Waals surface area contributed by atoms with Crippen molar-refractivity contribution >= 4 is 22.8 Å². The third-order valence-electron chi connectivity index (χ3n) is 3.46. The van der Waals surface area contributed by atoms with Crippen LogP contribution in [-0.2, 0) is 16.1 Å². The summed E-state index contributed by atoms with van der Waals surface area (Å²) >= 11 is 0. The first kappa shape index (κ1) is 22.7. The maximum atomic E-state index is 10.9. The molecule has 0 spiro atoms. The summed E-state index contributed by atoms with van der Waals surface area (Å²) in [6, 6.07) is 16.5. The average molecular weight is 370 g/mol. The van der Waals surface area contributed by atoms with Crippen LogP contribution in [0.15, 0.2) is 54.6 Å². The molecule has 0 atom stereocenters. The molecule has 7 nitrogen and oxygen atoms in total. The van der Waals surface area contributed by atoms with E-state index >= 15 is 0 Å². The van der Waals surface area contributed by atoms with Gasteiger partial charge >= 0.3 is 59.1 Å². The normalized spacial score (nSPS) is 10.0. The fraction of sp³-hybridized carbons (Fsp3) is 0.118. The number of hydrogen-bond acceptors (Lipinski definition) is 6. The number of hydrogen-bond donors (Lipinski definition) is 0. The van der Waals surface area contributed by atoms with Crippen LogP contribution in [0.25, 0.3) is 10.9 Å². The van der Waals surface area contributed by atoms with E-state index in [4.69, 9.17) is 4.74 Å². The molecule has 3 aromatic rings. The molecule has 2 aromatic carbocycles. The SMILES string of the molecule is O=C([O-])C(Oc1nn(Cc2ccccc2)c2ccccc12)C(=O)[O-].[Na+].[Na+]. The Morgan fingerprint density at radius 1 is 0.962 bits per heavy atom. The molecule has 0 aliphatic rings. The van der Waals surface area contributed by atoms with Gasteiger partial charge in [0.2, 0.25) is 5.88 Å². The fourth-order valence-corrected chi connectivity index (χ4v) is 2.36. The second-order valence-electron chi connectivity index (χ2n) is 5.10. The van der Waals surface area contributed by atoms with Crippen LogP contribution in [-0.4, -0.2) is 27.8 Å². The molecule has 0 saturated heterocycles. The van der Waals surface area contributed by atoms with Gasteiger partial charge in [-0.3, -0.25) is 4.68 Å². The Morgan fingerprint density at radius 3 is 2.15 bits per heavy atom. The van der Waals surface area contributed by atoms with Crippen molar-refractivity contribution in [1.82, 2.24) is 9.78 Å². The van der Waals surface area contributed by atoms with Crippen LogP contribution < -0.4 is 74.1 Å². The van der Waals surface area contributed by atoms with Crippen molar-refractivity contribution in [1.29, 1.82) is 0 Å². The summed E-state index contributed by atoms with van der Waals surface area (Å²) in [6.07, 6.45) is -2.23. The molecule has 9 heteroatoms. The average Bonchev–Trinajstić information content (AvgIpc) is 2.91. The second kappa shape index (κ2) is 10.1. The van der Waals surface area contributed by atoms with Crippen molar-refractivity contribution in [2.45, 2.75) is 12.6 Å². The summed E-state index contributed by atoms with van der Waals surface area (Å²) in [7, 11) is 0. The van der Waals surface area contributed by atoms with E-state index in [2.05, 4.69) is 5.10 Å². The zero-order valence-corrected chi connectivity index (χ0v) is 18.4. The predicted molar refractivity (Wildman–Crippen MR) is 79.7 cm³/mol. The van der Waals surface area contributed by atoms with E-state index in [-0.39, 0.29) is 65.0 Å². The van der Waals surface area contributed by atoms with Crippen molar-refractivity contribution in [3.63, 3.8) is 0 Å². The third-order valence-corrected chi connectivity index (χ3v) is 3.46. The van der Waals surface area contributed by atoms with Crippen molar-refractivity contribution < 1.29 is 83.7 Å². The van der Waals surface area contributed by atoms with Crippen LogP contribution in [0.5, 0.6) is 5.88 Å². The Bertz CT molecular complexity index is 885. The molecule has 0 N–H and O–H groups in total. The van der Waals surface area contributed by atoms with Gasteiger partial charge in [0.1, 0.15) is 0 Å². The number of aromatic nitrogens is 2. The molecular weight excluding hydrogens is 358 g/mol. The predicted octanol–water partition coefficient (Wildman–Crippen LogP) is -6.66. The number of nitrogens with zero attached hydrogens (tertiary/aromatic N) is 2. The van der Waals surface area contributed by atoms with Crippen molar-refractivity contribution in [2.24, 2.45) is 0 Å². The van der Waals surface area contributed by atoms with Crippen LogP contribution in [0, 0.1) is 0 Å². The molecule has 0 fully saturated rings. The van der Waals surface area contributed by atoms with E-state index in [0.717, 1.165) is 5.56 Å². The monoisotopic (exact) mass is 370 g/mol. The molecule has 1 heterocycles. The molecule has 0 amide bonds. The van der Waals surface area contributed by atoms with E-state index in [1.54, 1.807) is 28.9 Å². The minimum absolute atomic E-state index is 0.